The zero-order valence-electron chi connectivity index (χ0n) is 11.5. The standard InChI is InChI=1S/C15H17FN2O2/c1-10(2)9-19-15-13(17)7-8-14(18-15)20-12-5-3-11(16)4-6-12/h3-8,10H,9,17H2,1-2H3. The zero-order valence-corrected chi connectivity index (χ0v) is 11.5. The molecule has 0 bridgehead atoms. The van der Waals surface area contributed by atoms with Crippen LogP contribution in [0.15, 0.2) is 36.4 Å². The molecule has 2 N–H and O–H groups in total. The number of nitrogens with two attached hydrogens (primary N) is 1. The Morgan fingerprint density at radius 2 is 1.85 bits per heavy atom. The molecule has 0 saturated heterocycles. The second-order valence-corrected chi connectivity index (χ2v) is 4.80. The number of rotatable bonds is 5. The van der Waals surface area contributed by atoms with Crippen molar-refractivity contribution in [3.63, 3.8) is 0 Å². The molecule has 0 aliphatic carbocycles. The molecule has 106 valence electrons. The summed E-state index contributed by atoms with van der Waals surface area (Å²) < 4.78 is 23.9. The summed E-state index contributed by atoms with van der Waals surface area (Å²) in [4.78, 5) is 4.20. The van der Waals surface area contributed by atoms with Crippen LogP contribution in [0.3, 0.4) is 0 Å². The fourth-order valence-electron chi connectivity index (χ4n) is 1.48. The Kier molecular flexibility index (Phi) is 4.40. The molecule has 0 aliphatic rings. The third-order valence-electron chi connectivity index (χ3n) is 2.45. The van der Waals surface area contributed by atoms with Crippen LogP contribution in [-0.4, -0.2) is 11.6 Å². The molecule has 2 rings (SSSR count). The van der Waals surface area contributed by atoms with E-state index in [9.17, 15) is 4.39 Å². The van der Waals surface area contributed by atoms with Crippen molar-refractivity contribution < 1.29 is 13.9 Å². The van der Waals surface area contributed by atoms with Crippen molar-refractivity contribution in [2.75, 3.05) is 12.3 Å². The smallest absolute Gasteiger partial charge is 0.240 e. The van der Waals surface area contributed by atoms with Crippen molar-refractivity contribution >= 4 is 5.69 Å². The number of hydrogen-bond acceptors (Lipinski definition) is 4. The van der Waals surface area contributed by atoms with Crippen molar-refractivity contribution in [1.29, 1.82) is 0 Å². The van der Waals surface area contributed by atoms with Crippen LogP contribution in [0.4, 0.5) is 10.1 Å². The molecule has 0 saturated carbocycles. The number of hydrogen-bond donors (Lipinski definition) is 1. The molecule has 1 aromatic carbocycles. The first-order chi connectivity index (χ1) is 9.54. The van der Waals surface area contributed by atoms with E-state index >= 15 is 0 Å². The predicted octanol–water partition coefficient (Wildman–Crippen LogP) is 3.63. The molecule has 0 spiro atoms. The summed E-state index contributed by atoms with van der Waals surface area (Å²) in [5.74, 6) is 1.25. The van der Waals surface area contributed by atoms with Crippen LogP contribution in [0.5, 0.6) is 17.5 Å². The van der Waals surface area contributed by atoms with Gasteiger partial charge in [-0.2, -0.15) is 4.98 Å². The molecule has 0 unspecified atom stereocenters. The Labute approximate surface area is 117 Å². The fraction of sp³-hybridized carbons (Fsp3) is 0.267. The summed E-state index contributed by atoms with van der Waals surface area (Å²) in [6.45, 7) is 4.60. The highest BCUT2D eigenvalue weighted by atomic mass is 19.1. The molecule has 0 atom stereocenters. The first-order valence-electron chi connectivity index (χ1n) is 6.37. The number of ether oxygens (including phenoxy) is 2. The highest BCUT2D eigenvalue weighted by Gasteiger charge is 2.07. The summed E-state index contributed by atoms with van der Waals surface area (Å²) >= 11 is 0. The number of anilines is 1. The number of nitrogen functional groups attached to an aromatic ring is 1. The lowest BCUT2D eigenvalue weighted by Gasteiger charge is -2.11. The van der Waals surface area contributed by atoms with Gasteiger partial charge < -0.3 is 15.2 Å². The van der Waals surface area contributed by atoms with Crippen LogP contribution >= 0.6 is 0 Å². The van der Waals surface area contributed by atoms with Gasteiger partial charge in [0.1, 0.15) is 11.6 Å². The molecule has 0 aliphatic heterocycles. The molecular formula is C15H17FN2O2. The molecule has 1 heterocycles. The van der Waals surface area contributed by atoms with E-state index in [2.05, 4.69) is 4.98 Å². The van der Waals surface area contributed by atoms with E-state index in [0.717, 1.165) is 0 Å². The Hall–Kier alpha value is -2.30. The van der Waals surface area contributed by atoms with Gasteiger partial charge >= 0.3 is 0 Å². The topological polar surface area (TPSA) is 57.4 Å². The van der Waals surface area contributed by atoms with Crippen molar-refractivity contribution in [2.24, 2.45) is 5.92 Å². The summed E-state index contributed by atoms with van der Waals surface area (Å²) in [6, 6.07) is 9.01. The molecule has 1 aromatic heterocycles. The number of aromatic nitrogens is 1. The van der Waals surface area contributed by atoms with Gasteiger partial charge in [-0.3, -0.25) is 0 Å². The maximum Gasteiger partial charge on any atom is 0.240 e. The van der Waals surface area contributed by atoms with Gasteiger partial charge in [-0.25, -0.2) is 4.39 Å². The number of halogens is 1. The van der Waals surface area contributed by atoms with Gasteiger partial charge in [0, 0.05) is 6.07 Å². The van der Waals surface area contributed by atoms with E-state index in [1.165, 1.54) is 24.3 Å². The summed E-state index contributed by atoms with van der Waals surface area (Å²) in [5, 5.41) is 0. The lowest BCUT2D eigenvalue weighted by molar-refractivity contribution is 0.260. The quantitative estimate of drug-likeness (QED) is 0.906. The summed E-state index contributed by atoms with van der Waals surface area (Å²) in [7, 11) is 0. The van der Waals surface area contributed by atoms with Crippen LogP contribution in [0.1, 0.15) is 13.8 Å². The van der Waals surface area contributed by atoms with E-state index < -0.39 is 0 Å². The number of nitrogens with zero attached hydrogens (tertiary/aromatic N) is 1. The molecule has 0 amide bonds. The highest BCUT2D eigenvalue weighted by Crippen LogP contribution is 2.26. The van der Waals surface area contributed by atoms with Crippen LogP contribution in [0.25, 0.3) is 0 Å². The summed E-state index contributed by atoms with van der Waals surface area (Å²) in [5.41, 5.74) is 6.25. The molecule has 5 heteroatoms. The van der Waals surface area contributed by atoms with Crippen LogP contribution in [0, 0.1) is 11.7 Å². The average molecular weight is 276 g/mol. The third kappa shape index (κ3) is 3.85. The van der Waals surface area contributed by atoms with Gasteiger partial charge in [-0.05, 0) is 36.2 Å². The van der Waals surface area contributed by atoms with Crippen LogP contribution in [-0.2, 0) is 0 Å². The Morgan fingerprint density at radius 3 is 2.50 bits per heavy atom. The lowest BCUT2D eigenvalue weighted by Crippen LogP contribution is -2.07. The normalized spacial score (nSPS) is 10.6. The zero-order chi connectivity index (χ0) is 14.5. The van der Waals surface area contributed by atoms with Gasteiger partial charge in [0.2, 0.25) is 11.8 Å². The number of pyridine rings is 1. The maximum absolute atomic E-state index is 12.8. The van der Waals surface area contributed by atoms with E-state index in [1.54, 1.807) is 12.1 Å². The van der Waals surface area contributed by atoms with Gasteiger partial charge in [-0.15, -0.1) is 0 Å². The lowest BCUT2D eigenvalue weighted by atomic mass is 10.2. The predicted molar refractivity (Wildman–Crippen MR) is 75.5 cm³/mol. The maximum atomic E-state index is 12.8. The summed E-state index contributed by atoms with van der Waals surface area (Å²) in [6.07, 6.45) is 0. The monoisotopic (exact) mass is 276 g/mol. The molecule has 2 aromatic rings. The fourth-order valence-corrected chi connectivity index (χ4v) is 1.48. The van der Waals surface area contributed by atoms with E-state index in [4.69, 9.17) is 15.2 Å². The minimum atomic E-state index is -0.316. The average Bonchev–Trinajstić information content (AvgIpc) is 2.42. The van der Waals surface area contributed by atoms with Crippen LogP contribution < -0.4 is 15.2 Å². The van der Waals surface area contributed by atoms with Gasteiger partial charge in [0.15, 0.2) is 0 Å². The SMILES string of the molecule is CC(C)COc1nc(Oc2ccc(F)cc2)ccc1N. The van der Waals surface area contributed by atoms with Crippen molar-refractivity contribution in [1.82, 2.24) is 4.98 Å². The van der Waals surface area contributed by atoms with Crippen molar-refractivity contribution in [3.05, 3.63) is 42.2 Å². The second-order valence-electron chi connectivity index (χ2n) is 4.80. The largest absolute Gasteiger partial charge is 0.476 e. The van der Waals surface area contributed by atoms with E-state index in [1.807, 2.05) is 13.8 Å². The molecule has 4 nitrogen and oxygen atoms in total. The first kappa shape index (κ1) is 14.1. The molecule has 20 heavy (non-hydrogen) atoms. The molecule has 0 fully saturated rings. The molecular weight excluding hydrogens is 259 g/mol. The Balaban J connectivity index is 2.12. The Bertz CT molecular complexity index is 571. The third-order valence-corrected chi connectivity index (χ3v) is 2.45. The van der Waals surface area contributed by atoms with Crippen LogP contribution in [0.2, 0.25) is 0 Å². The number of benzene rings is 1. The van der Waals surface area contributed by atoms with E-state index in [-0.39, 0.29) is 5.82 Å². The minimum Gasteiger partial charge on any atom is -0.476 e. The van der Waals surface area contributed by atoms with Crippen molar-refractivity contribution in [2.45, 2.75) is 13.8 Å². The van der Waals surface area contributed by atoms with E-state index in [0.29, 0.717) is 35.7 Å². The van der Waals surface area contributed by atoms with Gasteiger partial charge in [0.05, 0.1) is 12.3 Å². The van der Waals surface area contributed by atoms with Gasteiger partial charge in [0.25, 0.3) is 0 Å². The highest BCUT2D eigenvalue weighted by molar-refractivity contribution is 5.49. The van der Waals surface area contributed by atoms with Gasteiger partial charge in [-0.1, -0.05) is 13.8 Å². The Morgan fingerprint density at radius 1 is 1.15 bits per heavy atom. The first-order valence-corrected chi connectivity index (χ1v) is 6.37. The van der Waals surface area contributed by atoms with Crippen molar-refractivity contribution in [3.8, 4) is 17.5 Å². The second kappa shape index (κ2) is 6.23. The minimum absolute atomic E-state index is 0.316. The molecule has 0 radical (unpaired) electrons.